The van der Waals surface area contributed by atoms with Crippen molar-refractivity contribution >= 4 is 11.9 Å². The summed E-state index contributed by atoms with van der Waals surface area (Å²) < 4.78 is 0. The molecule has 0 aliphatic heterocycles. The van der Waals surface area contributed by atoms with Crippen LogP contribution in [-0.2, 0) is 4.79 Å². The smallest absolute Gasteiger partial charge is 0.321 e. The molecule has 0 bridgehead atoms. The summed E-state index contributed by atoms with van der Waals surface area (Å²) in [5.41, 5.74) is 0. The fraction of sp³-hybridized carbons (Fsp3) is 0.846. The molecule has 3 unspecified atom stereocenters. The average molecular weight is 257 g/mol. The minimum Gasteiger partial charge on any atom is -0.338 e. The van der Waals surface area contributed by atoms with Crippen LogP contribution >= 0.6 is 0 Å². The Hall–Kier alpha value is -1.10. The van der Waals surface area contributed by atoms with E-state index in [1.165, 1.54) is 0 Å². The number of rotatable bonds is 7. The van der Waals surface area contributed by atoms with Crippen molar-refractivity contribution in [2.75, 3.05) is 6.54 Å². The molecule has 0 saturated heterocycles. The van der Waals surface area contributed by atoms with E-state index in [9.17, 15) is 9.59 Å². The molecule has 5 heteroatoms. The Kier molecular flexibility index (Phi) is 8.37. The topological polar surface area (TPSA) is 70.2 Å². The number of nitrogens with one attached hydrogen (secondary N) is 3. The van der Waals surface area contributed by atoms with Gasteiger partial charge in [0, 0.05) is 12.6 Å². The molecular formula is C13H27N3O2. The zero-order valence-electron chi connectivity index (χ0n) is 12.2. The molecule has 18 heavy (non-hydrogen) atoms. The second kappa shape index (κ2) is 8.91. The highest BCUT2D eigenvalue weighted by molar-refractivity contribution is 5.96. The van der Waals surface area contributed by atoms with Crippen molar-refractivity contribution in [2.24, 2.45) is 5.92 Å². The Bertz CT molecular complexity index is 269. The molecule has 0 fully saturated rings. The molecule has 3 N–H and O–H groups in total. The molecule has 0 radical (unpaired) electrons. The first kappa shape index (κ1) is 16.9. The molecule has 0 spiro atoms. The Balaban J connectivity index is 4.03. The summed E-state index contributed by atoms with van der Waals surface area (Å²) in [4.78, 5) is 22.9. The van der Waals surface area contributed by atoms with E-state index in [4.69, 9.17) is 0 Å². The molecule has 0 heterocycles. The van der Waals surface area contributed by atoms with Gasteiger partial charge in [0.25, 0.3) is 0 Å². The van der Waals surface area contributed by atoms with E-state index in [1.807, 2.05) is 0 Å². The third kappa shape index (κ3) is 7.27. The normalized spacial score (nSPS) is 15.6. The molecule has 0 saturated carbocycles. The van der Waals surface area contributed by atoms with Crippen LogP contribution in [-0.4, -0.2) is 30.6 Å². The van der Waals surface area contributed by atoms with Crippen LogP contribution in [0.1, 0.15) is 47.5 Å². The number of imide groups is 1. The monoisotopic (exact) mass is 257 g/mol. The van der Waals surface area contributed by atoms with E-state index in [-0.39, 0.29) is 18.0 Å². The number of hydrogen-bond acceptors (Lipinski definition) is 3. The van der Waals surface area contributed by atoms with E-state index in [0.29, 0.717) is 12.5 Å². The van der Waals surface area contributed by atoms with Gasteiger partial charge < -0.3 is 10.6 Å². The largest absolute Gasteiger partial charge is 0.338 e. The van der Waals surface area contributed by atoms with Crippen molar-refractivity contribution < 1.29 is 9.59 Å². The zero-order valence-corrected chi connectivity index (χ0v) is 12.2. The third-order valence-corrected chi connectivity index (χ3v) is 2.95. The lowest BCUT2D eigenvalue weighted by Gasteiger charge is -2.21. The first-order valence-corrected chi connectivity index (χ1v) is 6.75. The predicted octanol–water partition coefficient (Wildman–Crippen LogP) is 1.63. The minimum absolute atomic E-state index is 0.259. The van der Waals surface area contributed by atoms with Crippen LogP contribution in [0.3, 0.4) is 0 Å². The van der Waals surface area contributed by atoms with Crippen molar-refractivity contribution in [3.63, 3.8) is 0 Å². The summed E-state index contributed by atoms with van der Waals surface area (Å²) in [5.74, 6) is 0.336. The summed E-state index contributed by atoms with van der Waals surface area (Å²) in [5, 5.41) is 8.03. The lowest BCUT2D eigenvalue weighted by Crippen LogP contribution is -2.50. The van der Waals surface area contributed by atoms with Crippen molar-refractivity contribution in [3.05, 3.63) is 0 Å². The molecule has 0 aliphatic rings. The number of amides is 3. The summed E-state index contributed by atoms with van der Waals surface area (Å²) >= 11 is 0. The van der Waals surface area contributed by atoms with Crippen LogP contribution in [0.15, 0.2) is 0 Å². The van der Waals surface area contributed by atoms with Crippen LogP contribution in [0, 0.1) is 5.92 Å². The van der Waals surface area contributed by atoms with E-state index in [1.54, 1.807) is 13.8 Å². The van der Waals surface area contributed by atoms with Crippen LogP contribution in [0.25, 0.3) is 0 Å². The molecule has 3 atom stereocenters. The molecule has 3 amide bonds. The van der Waals surface area contributed by atoms with Gasteiger partial charge in [-0.05, 0) is 33.1 Å². The fourth-order valence-electron chi connectivity index (χ4n) is 1.77. The Morgan fingerprint density at radius 3 is 2.22 bits per heavy atom. The highest BCUT2D eigenvalue weighted by Gasteiger charge is 2.18. The van der Waals surface area contributed by atoms with Crippen LogP contribution < -0.4 is 16.0 Å². The summed E-state index contributed by atoms with van der Waals surface area (Å²) in [6.45, 7) is 10.5. The number of carbonyl (C=O) groups is 2. The molecular weight excluding hydrogens is 230 g/mol. The van der Waals surface area contributed by atoms with Gasteiger partial charge in [0.2, 0.25) is 5.91 Å². The van der Waals surface area contributed by atoms with Gasteiger partial charge in [0.1, 0.15) is 0 Å². The Morgan fingerprint density at radius 2 is 1.72 bits per heavy atom. The molecule has 5 nitrogen and oxygen atoms in total. The Morgan fingerprint density at radius 1 is 1.11 bits per heavy atom. The SMILES string of the molecule is CCNC(=O)NC(=O)C(C)NC(C)CC(C)CC. The van der Waals surface area contributed by atoms with Gasteiger partial charge in [-0.2, -0.15) is 0 Å². The van der Waals surface area contributed by atoms with Gasteiger partial charge >= 0.3 is 6.03 Å². The van der Waals surface area contributed by atoms with Crippen molar-refractivity contribution in [1.82, 2.24) is 16.0 Å². The first-order chi connectivity index (χ1) is 8.40. The predicted molar refractivity (Wildman–Crippen MR) is 73.3 cm³/mol. The number of carbonyl (C=O) groups excluding carboxylic acids is 2. The number of hydrogen-bond donors (Lipinski definition) is 3. The molecule has 0 aromatic rings. The lowest BCUT2D eigenvalue weighted by molar-refractivity contribution is -0.121. The van der Waals surface area contributed by atoms with Crippen molar-refractivity contribution in [1.29, 1.82) is 0 Å². The van der Waals surface area contributed by atoms with E-state index < -0.39 is 6.03 Å². The fourth-order valence-corrected chi connectivity index (χ4v) is 1.77. The van der Waals surface area contributed by atoms with Gasteiger partial charge in [-0.15, -0.1) is 0 Å². The van der Waals surface area contributed by atoms with Gasteiger partial charge in [0.05, 0.1) is 6.04 Å². The van der Waals surface area contributed by atoms with Gasteiger partial charge in [-0.25, -0.2) is 4.79 Å². The molecule has 0 aliphatic carbocycles. The second-order valence-corrected chi connectivity index (χ2v) is 4.89. The van der Waals surface area contributed by atoms with Gasteiger partial charge in [-0.3, -0.25) is 10.1 Å². The van der Waals surface area contributed by atoms with Crippen LogP contribution in [0.2, 0.25) is 0 Å². The van der Waals surface area contributed by atoms with Gasteiger partial charge in [-0.1, -0.05) is 20.3 Å². The highest BCUT2D eigenvalue weighted by atomic mass is 16.2. The third-order valence-electron chi connectivity index (χ3n) is 2.95. The minimum atomic E-state index is -0.439. The molecule has 0 rings (SSSR count). The first-order valence-electron chi connectivity index (χ1n) is 6.75. The van der Waals surface area contributed by atoms with Crippen LogP contribution in [0.5, 0.6) is 0 Å². The molecule has 0 aromatic heterocycles. The second-order valence-electron chi connectivity index (χ2n) is 4.89. The summed E-state index contributed by atoms with van der Waals surface area (Å²) in [7, 11) is 0. The maximum Gasteiger partial charge on any atom is 0.321 e. The standard InChI is InChI=1S/C13H27N3O2/c1-6-9(3)8-10(4)15-11(5)12(17)16-13(18)14-7-2/h9-11,15H,6-8H2,1-5H3,(H2,14,16,17,18). The quantitative estimate of drug-likeness (QED) is 0.649. The molecule has 0 aromatic carbocycles. The summed E-state index contributed by atoms with van der Waals surface area (Å²) in [6, 6.07) is -0.549. The van der Waals surface area contributed by atoms with Crippen molar-refractivity contribution in [2.45, 2.75) is 59.5 Å². The number of urea groups is 1. The van der Waals surface area contributed by atoms with E-state index >= 15 is 0 Å². The molecule has 106 valence electrons. The zero-order chi connectivity index (χ0) is 14.1. The van der Waals surface area contributed by atoms with E-state index in [0.717, 1.165) is 12.8 Å². The highest BCUT2D eigenvalue weighted by Crippen LogP contribution is 2.09. The summed E-state index contributed by atoms with van der Waals surface area (Å²) in [6.07, 6.45) is 2.15. The maximum absolute atomic E-state index is 11.7. The average Bonchev–Trinajstić information content (AvgIpc) is 2.28. The maximum atomic E-state index is 11.7. The van der Waals surface area contributed by atoms with E-state index in [2.05, 4.69) is 36.7 Å². The van der Waals surface area contributed by atoms with Crippen LogP contribution in [0.4, 0.5) is 4.79 Å². The Labute approximate surface area is 110 Å². The lowest BCUT2D eigenvalue weighted by atomic mass is 10.00. The van der Waals surface area contributed by atoms with Gasteiger partial charge in [0.15, 0.2) is 0 Å². The van der Waals surface area contributed by atoms with Crippen molar-refractivity contribution in [3.8, 4) is 0 Å².